The van der Waals surface area contributed by atoms with Gasteiger partial charge in [-0.2, -0.15) is 0 Å². The van der Waals surface area contributed by atoms with E-state index in [1.54, 1.807) is 5.38 Å². The number of benzene rings is 2. The zero-order valence-electron chi connectivity index (χ0n) is 16.7. The van der Waals surface area contributed by atoms with E-state index in [0.29, 0.717) is 5.69 Å². The van der Waals surface area contributed by atoms with Crippen LogP contribution in [0.2, 0.25) is 0 Å². The minimum absolute atomic E-state index is 0.0883. The molecular formula is C22H25N3O3S2. The highest BCUT2D eigenvalue weighted by atomic mass is 32.2. The number of nitrogens with one attached hydrogen (secondary N) is 2. The lowest BCUT2D eigenvalue weighted by Gasteiger charge is -2.19. The average molecular weight is 444 g/mol. The van der Waals surface area contributed by atoms with E-state index in [1.165, 1.54) is 5.56 Å². The second-order valence-electron chi connectivity index (χ2n) is 7.10. The lowest BCUT2D eigenvalue weighted by Crippen LogP contribution is -2.30. The van der Waals surface area contributed by atoms with Gasteiger partial charge in [0.15, 0.2) is 5.13 Å². The molecule has 0 spiro atoms. The highest BCUT2D eigenvalue weighted by Crippen LogP contribution is 2.21. The first-order valence-corrected chi connectivity index (χ1v) is 12.5. The maximum Gasteiger partial charge on any atom is 0.231 e. The summed E-state index contributed by atoms with van der Waals surface area (Å²) in [7, 11) is -3.38. The van der Waals surface area contributed by atoms with Gasteiger partial charge in [-0.05, 0) is 30.4 Å². The topological polar surface area (TPSA) is 88.2 Å². The van der Waals surface area contributed by atoms with Crippen LogP contribution in [0.25, 0.3) is 0 Å². The molecular weight excluding hydrogens is 418 g/mol. The normalized spacial score (nSPS) is 12.3. The molecule has 6 nitrogen and oxygen atoms in total. The van der Waals surface area contributed by atoms with Crippen LogP contribution in [0, 0.1) is 0 Å². The molecule has 0 saturated carbocycles. The molecule has 3 rings (SSSR count). The summed E-state index contributed by atoms with van der Waals surface area (Å²) in [6.45, 7) is 0. The molecule has 0 fully saturated rings. The van der Waals surface area contributed by atoms with Crippen molar-refractivity contribution in [3.05, 3.63) is 82.9 Å². The summed E-state index contributed by atoms with van der Waals surface area (Å²) in [5.74, 6) is -0.139. The van der Waals surface area contributed by atoms with E-state index in [0.717, 1.165) is 42.4 Å². The van der Waals surface area contributed by atoms with Crippen LogP contribution < -0.4 is 10.0 Å². The lowest BCUT2D eigenvalue weighted by molar-refractivity contribution is -0.121. The molecule has 0 aliphatic carbocycles. The van der Waals surface area contributed by atoms with Gasteiger partial charge in [-0.3, -0.25) is 9.52 Å². The molecule has 2 N–H and O–H groups in total. The number of anilines is 1. The first-order chi connectivity index (χ1) is 14.4. The van der Waals surface area contributed by atoms with Gasteiger partial charge >= 0.3 is 0 Å². The van der Waals surface area contributed by atoms with Crippen LogP contribution in [0.3, 0.4) is 0 Å². The summed E-state index contributed by atoms with van der Waals surface area (Å²) >= 11 is 1.16. The Balaban J connectivity index is 1.60. The second kappa shape index (κ2) is 10.4. The number of nitrogens with zero attached hydrogens (tertiary/aromatic N) is 1. The molecule has 158 valence electrons. The van der Waals surface area contributed by atoms with Crippen molar-refractivity contribution in [2.75, 3.05) is 11.0 Å². The van der Waals surface area contributed by atoms with Crippen molar-refractivity contribution < 1.29 is 13.2 Å². The Morgan fingerprint density at radius 1 is 1.07 bits per heavy atom. The maximum atomic E-state index is 12.6. The van der Waals surface area contributed by atoms with Gasteiger partial charge in [0, 0.05) is 5.38 Å². The molecule has 2 aromatic carbocycles. The van der Waals surface area contributed by atoms with Crippen LogP contribution in [0.5, 0.6) is 0 Å². The fraction of sp³-hybridized carbons (Fsp3) is 0.273. The Labute approximate surface area is 181 Å². The molecule has 30 heavy (non-hydrogen) atoms. The number of hydrogen-bond acceptors (Lipinski definition) is 5. The Morgan fingerprint density at radius 2 is 1.73 bits per heavy atom. The third-order valence-corrected chi connectivity index (χ3v) is 6.00. The zero-order valence-corrected chi connectivity index (χ0v) is 18.4. The summed E-state index contributed by atoms with van der Waals surface area (Å²) in [5.41, 5.74) is 2.89. The third-order valence-electron chi connectivity index (χ3n) is 4.50. The average Bonchev–Trinajstić information content (AvgIpc) is 3.13. The van der Waals surface area contributed by atoms with E-state index >= 15 is 0 Å². The molecule has 0 unspecified atom stereocenters. The van der Waals surface area contributed by atoms with Crippen LogP contribution in [0.4, 0.5) is 5.13 Å². The van der Waals surface area contributed by atoms with Crippen molar-refractivity contribution in [3.8, 4) is 0 Å². The molecule has 1 aromatic heterocycles. The number of rotatable bonds is 10. The first-order valence-electron chi connectivity index (χ1n) is 9.69. The zero-order chi connectivity index (χ0) is 21.4. The Hall–Kier alpha value is -2.71. The molecule has 0 saturated heterocycles. The number of carbonyl (C=O) groups is 1. The summed E-state index contributed by atoms with van der Waals surface area (Å²) < 4.78 is 25.0. The van der Waals surface area contributed by atoms with Gasteiger partial charge in [0.25, 0.3) is 0 Å². The predicted molar refractivity (Wildman–Crippen MR) is 121 cm³/mol. The summed E-state index contributed by atoms with van der Waals surface area (Å²) in [6, 6.07) is 20.1. The van der Waals surface area contributed by atoms with Crippen molar-refractivity contribution in [2.45, 2.75) is 31.7 Å². The van der Waals surface area contributed by atoms with Gasteiger partial charge in [0.1, 0.15) is 0 Å². The monoisotopic (exact) mass is 443 g/mol. The maximum absolute atomic E-state index is 12.6. The number of amides is 1. The minimum atomic E-state index is -3.38. The van der Waals surface area contributed by atoms with E-state index in [1.807, 2.05) is 48.5 Å². The molecule has 0 aliphatic heterocycles. The van der Waals surface area contributed by atoms with Gasteiger partial charge in [-0.25, -0.2) is 13.4 Å². The molecule has 1 atom stereocenters. The molecule has 1 heterocycles. The van der Waals surface area contributed by atoms with Gasteiger partial charge in [-0.1, -0.05) is 60.7 Å². The van der Waals surface area contributed by atoms with Gasteiger partial charge in [0.05, 0.1) is 24.4 Å². The Morgan fingerprint density at radius 3 is 2.40 bits per heavy atom. The van der Waals surface area contributed by atoms with Crippen LogP contribution in [0.1, 0.15) is 35.7 Å². The number of hydrogen-bond donors (Lipinski definition) is 2. The summed E-state index contributed by atoms with van der Waals surface area (Å²) in [6.07, 6.45) is 3.89. The molecule has 8 heteroatoms. The van der Waals surface area contributed by atoms with Gasteiger partial charge < -0.3 is 5.32 Å². The Bertz CT molecular complexity index is 1050. The highest BCUT2D eigenvalue weighted by molar-refractivity contribution is 7.92. The highest BCUT2D eigenvalue weighted by Gasteiger charge is 2.16. The fourth-order valence-electron chi connectivity index (χ4n) is 3.17. The van der Waals surface area contributed by atoms with Crippen LogP contribution in [0.15, 0.2) is 66.0 Å². The lowest BCUT2D eigenvalue weighted by atomic mass is 9.99. The predicted octanol–water partition coefficient (Wildman–Crippen LogP) is 3.94. The molecule has 1 amide bonds. The number of thiazole rings is 1. The first kappa shape index (κ1) is 22.0. The Kier molecular flexibility index (Phi) is 7.59. The van der Waals surface area contributed by atoms with Crippen molar-refractivity contribution in [1.82, 2.24) is 10.3 Å². The number of aromatic nitrogens is 1. The molecule has 0 aliphatic rings. The van der Waals surface area contributed by atoms with Crippen LogP contribution in [-0.4, -0.2) is 25.6 Å². The van der Waals surface area contributed by atoms with E-state index in [9.17, 15) is 13.2 Å². The molecule has 3 aromatic rings. The minimum Gasteiger partial charge on any atom is -0.349 e. The van der Waals surface area contributed by atoms with Crippen molar-refractivity contribution in [2.24, 2.45) is 0 Å². The van der Waals surface area contributed by atoms with Crippen LogP contribution >= 0.6 is 11.3 Å². The second-order valence-corrected chi connectivity index (χ2v) is 9.71. The fourth-order valence-corrected chi connectivity index (χ4v) is 4.73. The quantitative estimate of drug-likeness (QED) is 0.497. The SMILES string of the molecule is CS(=O)(=O)Nc1nc(CC(=O)N[C@@H](CCCc2ccccc2)c2ccccc2)cs1. The van der Waals surface area contributed by atoms with Gasteiger partial charge in [0.2, 0.25) is 15.9 Å². The van der Waals surface area contributed by atoms with Gasteiger partial charge in [-0.15, -0.1) is 11.3 Å². The smallest absolute Gasteiger partial charge is 0.231 e. The molecule has 0 radical (unpaired) electrons. The van der Waals surface area contributed by atoms with Crippen molar-refractivity contribution in [3.63, 3.8) is 0 Å². The van der Waals surface area contributed by atoms with Crippen LogP contribution in [-0.2, 0) is 27.7 Å². The summed E-state index contributed by atoms with van der Waals surface area (Å²) in [4.78, 5) is 16.8. The largest absolute Gasteiger partial charge is 0.349 e. The van der Waals surface area contributed by atoms with Crippen molar-refractivity contribution in [1.29, 1.82) is 0 Å². The van der Waals surface area contributed by atoms with E-state index < -0.39 is 10.0 Å². The van der Waals surface area contributed by atoms with E-state index in [-0.39, 0.29) is 23.5 Å². The van der Waals surface area contributed by atoms with Crippen molar-refractivity contribution >= 4 is 32.4 Å². The third kappa shape index (κ3) is 7.27. The van der Waals surface area contributed by atoms with E-state index in [4.69, 9.17) is 0 Å². The number of aryl methyl sites for hydroxylation is 1. The summed E-state index contributed by atoms with van der Waals surface area (Å²) in [5, 5.41) is 5.07. The van der Waals surface area contributed by atoms with E-state index in [2.05, 4.69) is 27.2 Å². The molecule has 0 bridgehead atoms. The number of sulfonamides is 1. The number of carbonyl (C=O) groups excluding carboxylic acids is 1. The standard InChI is InChI=1S/C22H25N3O3S2/c1-30(27,28)25-22-23-19(16-29-22)15-21(26)24-20(18-12-6-3-7-13-18)14-8-11-17-9-4-2-5-10-17/h2-7,9-10,12-13,16,20H,8,11,14-15H2,1H3,(H,23,25)(H,24,26)/t20-/m0/s1.